The Bertz CT molecular complexity index is 844. The average molecular weight is 431 g/mol. The molecule has 0 saturated carbocycles. The van der Waals surface area contributed by atoms with E-state index < -0.39 is 0 Å². The Labute approximate surface area is 181 Å². The SMILES string of the molecule is COc1cc(NC(=S)N[C@H]2CO[C@H]3[C@@H]2OC[C@H]3OCc2ccccc2)cc(OC)c1. The second-order valence-electron chi connectivity index (χ2n) is 7.24. The van der Waals surface area contributed by atoms with Gasteiger partial charge >= 0.3 is 0 Å². The number of hydrogen-bond acceptors (Lipinski definition) is 6. The van der Waals surface area contributed by atoms with E-state index in [0.717, 1.165) is 11.3 Å². The molecule has 2 heterocycles. The van der Waals surface area contributed by atoms with Gasteiger partial charge in [0.05, 0.1) is 40.1 Å². The first-order valence-corrected chi connectivity index (χ1v) is 10.3. The first kappa shape index (κ1) is 20.9. The number of thiocarbonyl (C=S) groups is 1. The Balaban J connectivity index is 1.30. The minimum absolute atomic E-state index is 0.0483. The second kappa shape index (κ2) is 9.61. The van der Waals surface area contributed by atoms with Gasteiger partial charge in [-0.15, -0.1) is 0 Å². The van der Waals surface area contributed by atoms with Crippen LogP contribution in [0.3, 0.4) is 0 Å². The lowest BCUT2D eigenvalue weighted by Gasteiger charge is -2.20. The number of fused-ring (bicyclic) bond motifs is 1. The molecule has 4 rings (SSSR count). The van der Waals surface area contributed by atoms with Gasteiger partial charge in [-0.3, -0.25) is 0 Å². The maximum atomic E-state index is 6.05. The molecule has 2 aliphatic heterocycles. The third-order valence-electron chi connectivity index (χ3n) is 5.24. The number of rotatable bonds is 7. The van der Waals surface area contributed by atoms with Gasteiger partial charge in [0, 0.05) is 23.9 Å². The molecule has 2 saturated heterocycles. The Morgan fingerprint density at radius 2 is 1.70 bits per heavy atom. The summed E-state index contributed by atoms with van der Waals surface area (Å²) in [7, 11) is 3.22. The van der Waals surface area contributed by atoms with Gasteiger partial charge in [0.1, 0.15) is 29.8 Å². The Morgan fingerprint density at radius 1 is 1.00 bits per heavy atom. The van der Waals surface area contributed by atoms with E-state index in [2.05, 4.69) is 10.6 Å². The van der Waals surface area contributed by atoms with Crippen molar-refractivity contribution in [3.63, 3.8) is 0 Å². The van der Waals surface area contributed by atoms with E-state index in [-0.39, 0.29) is 24.4 Å². The molecule has 2 aromatic carbocycles. The summed E-state index contributed by atoms with van der Waals surface area (Å²) < 4.78 is 28.6. The van der Waals surface area contributed by atoms with Crippen molar-refractivity contribution in [1.29, 1.82) is 0 Å². The number of hydrogen-bond donors (Lipinski definition) is 2. The predicted molar refractivity (Wildman–Crippen MR) is 117 cm³/mol. The molecule has 0 spiro atoms. The van der Waals surface area contributed by atoms with Gasteiger partial charge in [-0.05, 0) is 17.8 Å². The Hall–Kier alpha value is -2.39. The molecule has 4 atom stereocenters. The summed E-state index contributed by atoms with van der Waals surface area (Å²) in [5, 5.41) is 6.96. The fourth-order valence-electron chi connectivity index (χ4n) is 3.72. The predicted octanol–water partition coefficient (Wildman–Crippen LogP) is 2.74. The smallest absolute Gasteiger partial charge is 0.171 e. The van der Waals surface area contributed by atoms with E-state index in [0.29, 0.717) is 36.4 Å². The van der Waals surface area contributed by atoms with Gasteiger partial charge in [0.15, 0.2) is 5.11 Å². The van der Waals surface area contributed by atoms with Gasteiger partial charge in [-0.25, -0.2) is 0 Å². The number of methoxy groups -OCH3 is 2. The normalized spacial score (nSPS) is 24.9. The molecule has 160 valence electrons. The van der Waals surface area contributed by atoms with Crippen LogP contribution < -0.4 is 20.1 Å². The minimum Gasteiger partial charge on any atom is -0.497 e. The van der Waals surface area contributed by atoms with E-state index in [1.165, 1.54) is 0 Å². The number of anilines is 1. The van der Waals surface area contributed by atoms with Crippen LogP contribution in [-0.2, 0) is 20.8 Å². The zero-order chi connectivity index (χ0) is 20.9. The standard InChI is InChI=1S/C22H26N2O5S/c1-25-16-8-15(9-17(10-16)26-2)23-22(30)24-18-12-28-21-19(13-29-20(18)21)27-11-14-6-4-3-5-7-14/h3-10,18-21H,11-13H2,1-2H3,(H2,23,24,30)/t18-,19+,20+,21+/m0/s1. The molecule has 2 fully saturated rings. The van der Waals surface area contributed by atoms with Crippen molar-refractivity contribution in [3.8, 4) is 11.5 Å². The Morgan fingerprint density at radius 3 is 2.40 bits per heavy atom. The van der Waals surface area contributed by atoms with Gasteiger partial charge in [-0.2, -0.15) is 0 Å². The molecule has 0 aromatic heterocycles. The van der Waals surface area contributed by atoms with Crippen molar-refractivity contribution in [2.24, 2.45) is 0 Å². The van der Waals surface area contributed by atoms with Crippen LogP contribution in [0.5, 0.6) is 11.5 Å². The highest BCUT2D eigenvalue weighted by molar-refractivity contribution is 7.80. The zero-order valence-electron chi connectivity index (χ0n) is 17.0. The molecule has 0 aliphatic carbocycles. The summed E-state index contributed by atoms with van der Waals surface area (Å²) in [6.07, 6.45) is -0.303. The van der Waals surface area contributed by atoms with Crippen LogP contribution in [0, 0.1) is 0 Å². The quantitative estimate of drug-likeness (QED) is 0.650. The molecule has 0 bridgehead atoms. The zero-order valence-corrected chi connectivity index (χ0v) is 17.8. The summed E-state index contributed by atoms with van der Waals surface area (Å²) >= 11 is 5.49. The molecule has 2 aliphatic rings. The van der Waals surface area contributed by atoms with Crippen molar-refractivity contribution in [3.05, 3.63) is 54.1 Å². The molecule has 8 heteroatoms. The van der Waals surface area contributed by atoms with Crippen LogP contribution in [0.1, 0.15) is 5.56 Å². The van der Waals surface area contributed by atoms with Crippen LogP contribution in [0.2, 0.25) is 0 Å². The first-order chi connectivity index (χ1) is 14.7. The second-order valence-corrected chi connectivity index (χ2v) is 7.65. The van der Waals surface area contributed by atoms with Crippen LogP contribution in [0.25, 0.3) is 0 Å². The number of nitrogens with one attached hydrogen (secondary N) is 2. The highest BCUT2D eigenvalue weighted by Gasteiger charge is 2.48. The molecule has 0 amide bonds. The van der Waals surface area contributed by atoms with E-state index in [4.69, 9.17) is 35.9 Å². The lowest BCUT2D eigenvalue weighted by Crippen LogP contribution is -2.45. The van der Waals surface area contributed by atoms with E-state index in [9.17, 15) is 0 Å². The van der Waals surface area contributed by atoms with E-state index in [1.54, 1.807) is 20.3 Å². The fraction of sp³-hybridized carbons (Fsp3) is 0.409. The maximum Gasteiger partial charge on any atom is 0.171 e. The molecule has 30 heavy (non-hydrogen) atoms. The molecule has 0 radical (unpaired) electrons. The highest BCUT2D eigenvalue weighted by atomic mass is 32.1. The monoisotopic (exact) mass is 430 g/mol. The minimum atomic E-state index is -0.106. The van der Waals surface area contributed by atoms with Crippen LogP contribution >= 0.6 is 12.2 Å². The van der Waals surface area contributed by atoms with Crippen LogP contribution in [-0.4, -0.2) is 56.9 Å². The van der Waals surface area contributed by atoms with E-state index >= 15 is 0 Å². The lowest BCUT2D eigenvalue weighted by molar-refractivity contribution is -0.0391. The van der Waals surface area contributed by atoms with Crippen molar-refractivity contribution in [2.75, 3.05) is 32.8 Å². The summed E-state index contributed by atoms with van der Waals surface area (Å²) in [6.45, 7) is 1.55. The summed E-state index contributed by atoms with van der Waals surface area (Å²) in [5.41, 5.74) is 1.91. The number of benzene rings is 2. The largest absolute Gasteiger partial charge is 0.497 e. The summed E-state index contributed by atoms with van der Waals surface area (Å²) in [5.74, 6) is 1.36. The third kappa shape index (κ3) is 4.84. The molecule has 2 N–H and O–H groups in total. The first-order valence-electron chi connectivity index (χ1n) is 9.85. The molecule has 0 unspecified atom stereocenters. The van der Waals surface area contributed by atoms with Crippen LogP contribution in [0.15, 0.2) is 48.5 Å². The highest BCUT2D eigenvalue weighted by Crippen LogP contribution is 2.30. The molecule has 7 nitrogen and oxygen atoms in total. The molecular weight excluding hydrogens is 404 g/mol. The van der Waals surface area contributed by atoms with Gasteiger partial charge in [0.2, 0.25) is 0 Å². The Kier molecular flexibility index (Phi) is 6.69. The molecular formula is C22H26N2O5S. The number of ether oxygens (including phenoxy) is 5. The van der Waals surface area contributed by atoms with E-state index in [1.807, 2.05) is 42.5 Å². The topological polar surface area (TPSA) is 70.2 Å². The maximum absolute atomic E-state index is 6.05. The van der Waals surface area contributed by atoms with Crippen molar-refractivity contribution in [2.45, 2.75) is 31.0 Å². The third-order valence-corrected chi connectivity index (χ3v) is 5.46. The van der Waals surface area contributed by atoms with Gasteiger partial charge in [0.25, 0.3) is 0 Å². The van der Waals surface area contributed by atoms with Crippen molar-refractivity contribution in [1.82, 2.24) is 5.32 Å². The van der Waals surface area contributed by atoms with Crippen molar-refractivity contribution >= 4 is 23.0 Å². The lowest BCUT2D eigenvalue weighted by atomic mass is 10.1. The van der Waals surface area contributed by atoms with Gasteiger partial charge < -0.3 is 34.3 Å². The molecule has 2 aromatic rings. The average Bonchev–Trinajstić information content (AvgIpc) is 3.35. The summed E-state index contributed by atoms with van der Waals surface area (Å²) in [6, 6.07) is 15.6. The summed E-state index contributed by atoms with van der Waals surface area (Å²) in [4.78, 5) is 0. The fourth-order valence-corrected chi connectivity index (χ4v) is 3.99. The van der Waals surface area contributed by atoms with Crippen LogP contribution in [0.4, 0.5) is 5.69 Å². The van der Waals surface area contributed by atoms with Gasteiger partial charge in [-0.1, -0.05) is 30.3 Å². The van der Waals surface area contributed by atoms with Crippen molar-refractivity contribution < 1.29 is 23.7 Å².